The lowest BCUT2D eigenvalue weighted by Crippen LogP contribution is -2.46. The first-order valence-electron chi connectivity index (χ1n) is 14.1. The first kappa shape index (κ1) is 27.0. The lowest BCUT2D eigenvalue weighted by molar-refractivity contribution is 0.0569. The Kier molecular flexibility index (Phi) is 6.38. The monoisotopic (exact) mass is 594 g/mol. The van der Waals surface area contributed by atoms with Crippen molar-refractivity contribution in [2.24, 2.45) is 0 Å². The second-order valence-electron chi connectivity index (χ2n) is 11.3. The van der Waals surface area contributed by atoms with Crippen LogP contribution in [0.4, 0.5) is 11.6 Å². The molecule has 1 amide bonds. The second kappa shape index (κ2) is 10.2. The number of pyridine rings is 2. The van der Waals surface area contributed by atoms with Crippen LogP contribution in [0.25, 0.3) is 28.0 Å². The SMILES string of the molecule is CS(=O)(=O)c1c([C@@H]2C[C@H]3CC[C@@H](C2)N3C(=O)c2cccnc2N)nc2c(-c3ccc(-c4ccccc4)nc3)cnn2c1N. The topological polar surface area (TPSA) is 162 Å². The highest BCUT2D eigenvalue weighted by atomic mass is 32.2. The van der Waals surface area contributed by atoms with Crippen molar-refractivity contribution in [3.05, 3.63) is 84.4 Å². The second-order valence-corrected chi connectivity index (χ2v) is 13.2. The van der Waals surface area contributed by atoms with Gasteiger partial charge in [0.15, 0.2) is 15.5 Å². The summed E-state index contributed by atoms with van der Waals surface area (Å²) in [6.07, 6.45) is 8.85. The fraction of sp³-hybridized carbons (Fsp3) is 0.258. The van der Waals surface area contributed by atoms with Gasteiger partial charge >= 0.3 is 0 Å². The Morgan fingerprint density at radius 3 is 2.30 bits per heavy atom. The van der Waals surface area contributed by atoms with Gasteiger partial charge in [0, 0.05) is 53.3 Å². The van der Waals surface area contributed by atoms with Crippen molar-refractivity contribution in [1.29, 1.82) is 0 Å². The molecule has 3 atom stereocenters. The third kappa shape index (κ3) is 4.58. The van der Waals surface area contributed by atoms with E-state index in [4.69, 9.17) is 16.5 Å². The highest BCUT2D eigenvalue weighted by Gasteiger charge is 2.46. The van der Waals surface area contributed by atoms with Gasteiger partial charge in [-0.1, -0.05) is 36.4 Å². The van der Waals surface area contributed by atoms with Crippen LogP contribution in [0.3, 0.4) is 0 Å². The van der Waals surface area contributed by atoms with E-state index in [2.05, 4.69) is 15.1 Å². The molecule has 0 unspecified atom stereocenters. The van der Waals surface area contributed by atoms with E-state index in [0.717, 1.165) is 35.9 Å². The number of aromatic nitrogens is 5. The first-order valence-corrected chi connectivity index (χ1v) is 16.0. The molecule has 0 saturated carbocycles. The van der Waals surface area contributed by atoms with E-state index in [1.54, 1.807) is 30.7 Å². The van der Waals surface area contributed by atoms with Gasteiger partial charge < -0.3 is 16.4 Å². The zero-order chi connectivity index (χ0) is 29.9. The van der Waals surface area contributed by atoms with Gasteiger partial charge in [0.25, 0.3) is 5.91 Å². The quantitative estimate of drug-likeness (QED) is 0.306. The van der Waals surface area contributed by atoms with E-state index >= 15 is 0 Å². The number of piperidine rings is 1. The molecule has 6 heterocycles. The standard InChI is InChI=1S/C31H30N8O3S/c1-43(41,42)27-26(20-14-21-10-11-22(15-20)38(21)31(40)23-8-5-13-34-28(23)32)37-30-24(17-36-39(30)29(27)33)19-9-12-25(35-16-19)18-6-3-2-4-7-18/h2-9,12-13,16-17,20-22H,10-11,14-15,33H2,1H3,(H2,32,34)/t20-,21-,22+. The molecule has 2 aliphatic rings. The van der Waals surface area contributed by atoms with Crippen LogP contribution in [0, 0.1) is 0 Å². The van der Waals surface area contributed by atoms with E-state index in [9.17, 15) is 13.2 Å². The normalized spacial score (nSPS) is 20.0. The van der Waals surface area contributed by atoms with Gasteiger partial charge in [-0.3, -0.25) is 9.78 Å². The lowest BCUT2D eigenvalue weighted by atomic mass is 9.87. The Bertz CT molecular complexity index is 1960. The number of benzene rings is 1. The van der Waals surface area contributed by atoms with Gasteiger partial charge in [0.2, 0.25) is 0 Å². The Balaban J connectivity index is 1.27. The van der Waals surface area contributed by atoms with Crippen LogP contribution < -0.4 is 11.5 Å². The molecule has 5 aromatic rings. The molecule has 7 rings (SSSR count). The predicted molar refractivity (Wildman–Crippen MR) is 163 cm³/mol. The number of rotatable bonds is 5. The number of nitrogens with zero attached hydrogens (tertiary/aromatic N) is 6. The third-order valence-corrected chi connectivity index (χ3v) is 9.76. The predicted octanol–water partition coefficient (Wildman–Crippen LogP) is 3.97. The number of carbonyl (C=O) groups is 1. The number of amides is 1. The smallest absolute Gasteiger partial charge is 0.258 e. The van der Waals surface area contributed by atoms with Gasteiger partial charge in [-0.05, 0) is 43.9 Å². The molecular weight excluding hydrogens is 564 g/mol. The van der Waals surface area contributed by atoms with Gasteiger partial charge in [-0.25, -0.2) is 18.4 Å². The maximum Gasteiger partial charge on any atom is 0.258 e. The zero-order valence-electron chi connectivity index (χ0n) is 23.5. The molecule has 12 heteroatoms. The molecule has 43 heavy (non-hydrogen) atoms. The van der Waals surface area contributed by atoms with Crippen molar-refractivity contribution in [3.63, 3.8) is 0 Å². The molecule has 0 radical (unpaired) electrons. The summed E-state index contributed by atoms with van der Waals surface area (Å²) in [7, 11) is -3.76. The summed E-state index contributed by atoms with van der Waals surface area (Å²) in [5, 5.41) is 4.42. The van der Waals surface area contributed by atoms with Crippen molar-refractivity contribution in [1.82, 2.24) is 29.5 Å². The molecular formula is C31H30N8O3S. The number of hydrogen-bond donors (Lipinski definition) is 2. The fourth-order valence-corrected chi connectivity index (χ4v) is 7.74. The van der Waals surface area contributed by atoms with Crippen LogP contribution in [0.15, 0.2) is 78.1 Å². The molecule has 1 aromatic carbocycles. The number of nitrogen functional groups attached to an aromatic ring is 2. The zero-order valence-corrected chi connectivity index (χ0v) is 24.3. The largest absolute Gasteiger partial charge is 0.383 e. The van der Waals surface area contributed by atoms with Gasteiger partial charge in [-0.15, -0.1) is 0 Å². The summed E-state index contributed by atoms with van der Waals surface area (Å²) in [6.45, 7) is 0. The molecule has 2 saturated heterocycles. The molecule has 4 aromatic heterocycles. The Morgan fingerprint density at radius 2 is 1.65 bits per heavy atom. The Hall–Kier alpha value is -4.84. The van der Waals surface area contributed by atoms with E-state index in [1.807, 2.05) is 47.4 Å². The summed E-state index contributed by atoms with van der Waals surface area (Å²) in [5.41, 5.74) is 17.1. The molecule has 2 fully saturated rings. The van der Waals surface area contributed by atoms with Crippen molar-refractivity contribution >= 4 is 33.0 Å². The average molecular weight is 595 g/mol. The van der Waals surface area contributed by atoms with E-state index < -0.39 is 9.84 Å². The van der Waals surface area contributed by atoms with Crippen LogP contribution in [-0.2, 0) is 9.84 Å². The van der Waals surface area contributed by atoms with Crippen molar-refractivity contribution in [2.75, 3.05) is 17.7 Å². The first-order chi connectivity index (χ1) is 20.7. The molecule has 218 valence electrons. The summed E-state index contributed by atoms with van der Waals surface area (Å²) in [5.74, 6) is -0.136. The van der Waals surface area contributed by atoms with Gasteiger partial charge in [0.1, 0.15) is 16.5 Å². The van der Waals surface area contributed by atoms with Crippen molar-refractivity contribution in [2.45, 2.75) is 48.6 Å². The van der Waals surface area contributed by atoms with E-state index in [-0.39, 0.29) is 40.4 Å². The van der Waals surface area contributed by atoms with Gasteiger partial charge in [0.05, 0.1) is 23.1 Å². The number of carbonyl (C=O) groups excluding carboxylic acids is 1. The summed E-state index contributed by atoms with van der Waals surface area (Å²) in [4.78, 5) is 29.1. The lowest BCUT2D eigenvalue weighted by Gasteiger charge is -2.39. The highest BCUT2D eigenvalue weighted by Crippen LogP contribution is 2.46. The summed E-state index contributed by atoms with van der Waals surface area (Å²) >= 11 is 0. The van der Waals surface area contributed by atoms with E-state index in [1.165, 1.54) is 4.52 Å². The Morgan fingerprint density at radius 1 is 0.907 bits per heavy atom. The van der Waals surface area contributed by atoms with Crippen LogP contribution in [0.1, 0.15) is 47.7 Å². The molecule has 0 spiro atoms. The van der Waals surface area contributed by atoms with Crippen LogP contribution in [0.5, 0.6) is 0 Å². The Labute approximate surface area is 248 Å². The maximum atomic E-state index is 13.5. The van der Waals surface area contributed by atoms with Crippen molar-refractivity contribution < 1.29 is 13.2 Å². The van der Waals surface area contributed by atoms with Crippen LogP contribution in [-0.4, -0.2) is 62.1 Å². The number of anilines is 2. The minimum atomic E-state index is -3.76. The molecule has 11 nitrogen and oxygen atoms in total. The minimum Gasteiger partial charge on any atom is -0.383 e. The highest BCUT2D eigenvalue weighted by molar-refractivity contribution is 7.91. The summed E-state index contributed by atoms with van der Waals surface area (Å²) < 4.78 is 27.6. The molecule has 4 N–H and O–H groups in total. The van der Waals surface area contributed by atoms with Crippen LogP contribution >= 0.6 is 0 Å². The molecule has 0 aliphatic carbocycles. The van der Waals surface area contributed by atoms with Crippen LogP contribution in [0.2, 0.25) is 0 Å². The summed E-state index contributed by atoms with van der Waals surface area (Å²) in [6, 6.07) is 17.0. The maximum absolute atomic E-state index is 13.5. The number of nitrogens with two attached hydrogens (primary N) is 2. The number of sulfone groups is 1. The van der Waals surface area contributed by atoms with Gasteiger partial charge in [-0.2, -0.15) is 9.61 Å². The molecule has 2 bridgehead atoms. The number of hydrogen-bond acceptors (Lipinski definition) is 9. The number of fused-ring (bicyclic) bond motifs is 3. The minimum absolute atomic E-state index is 0.00659. The van der Waals surface area contributed by atoms with Crippen molar-refractivity contribution in [3.8, 4) is 22.4 Å². The third-order valence-electron chi connectivity index (χ3n) is 8.60. The van der Waals surface area contributed by atoms with E-state index in [0.29, 0.717) is 35.3 Å². The fourth-order valence-electron chi connectivity index (χ4n) is 6.68. The molecule has 2 aliphatic heterocycles. The average Bonchev–Trinajstić information content (AvgIpc) is 3.55.